The topological polar surface area (TPSA) is 56.3 Å². The number of hydrogen-bond donors (Lipinski definition) is 1. The van der Waals surface area contributed by atoms with E-state index in [9.17, 15) is 0 Å². The third kappa shape index (κ3) is 3.84. The Labute approximate surface area is 125 Å². The van der Waals surface area contributed by atoms with E-state index in [1.807, 2.05) is 38.2 Å². The molecule has 1 heterocycles. The summed E-state index contributed by atoms with van der Waals surface area (Å²) in [5.74, 6) is 2.96. The average molecular weight is 287 g/mol. The van der Waals surface area contributed by atoms with Gasteiger partial charge in [0, 0.05) is 7.05 Å². The van der Waals surface area contributed by atoms with Gasteiger partial charge in [0.1, 0.15) is 23.6 Å². The van der Waals surface area contributed by atoms with E-state index in [2.05, 4.69) is 22.2 Å². The molecule has 21 heavy (non-hydrogen) atoms. The number of nitrogens with one attached hydrogen (secondary N) is 1. The number of benzene rings is 1. The predicted molar refractivity (Wildman–Crippen MR) is 83.3 cm³/mol. The van der Waals surface area contributed by atoms with Crippen LogP contribution in [0.3, 0.4) is 0 Å². The first-order valence-corrected chi connectivity index (χ1v) is 7.20. The summed E-state index contributed by atoms with van der Waals surface area (Å²) in [6.07, 6.45) is 3.29. The van der Waals surface area contributed by atoms with Crippen molar-refractivity contribution in [2.24, 2.45) is 0 Å². The van der Waals surface area contributed by atoms with Crippen molar-refractivity contribution in [2.75, 3.05) is 19.0 Å². The van der Waals surface area contributed by atoms with Crippen molar-refractivity contribution >= 4 is 5.82 Å². The highest BCUT2D eigenvalue weighted by molar-refractivity contribution is 5.49. The van der Waals surface area contributed by atoms with Crippen LogP contribution in [-0.4, -0.2) is 23.6 Å². The van der Waals surface area contributed by atoms with Gasteiger partial charge in [-0.25, -0.2) is 9.97 Å². The van der Waals surface area contributed by atoms with E-state index < -0.39 is 0 Å². The van der Waals surface area contributed by atoms with Gasteiger partial charge in [0.2, 0.25) is 5.88 Å². The summed E-state index contributed by atoms with van der Waals surface area (Å²) in [7, 11) is 1.84. The minimum atomic E-state index is 0.582. The number of anilines is 1. The van der Waals surface area contributed by atoms with Gasteiger partial charge in [-0.3, -0.25) is 0 Å². The highest BCUT2D eigenvalue weighted by atomic mass is 16.5. The van der Waals surface area contributed by atoms with Crippen molar-refractivity contribution in [3.05, 3.63) is 36.2 Å². The van der Waals surface area contributed by atoms with Crippen LogP contribution in [-0.2, 0) is 6.42 Å². The van der Waals surface area contributed by atoms with Gasteiger partial charge in [0.25, 0.3) is 0 Å². The molecular weight excluding hydrogens is 266 g/mol. The summed E-state index contributed by atoms with van der Waals surface area (Å²) >= 11 is 0. The molecule has 2 rings (SSSR count). The first-order chi connectivity index (χ1) is 10.3. The second kappa shape index (κ2) is 7.47. The van der Waals surface area contributed by atoms with E-state index in [0.717, 1.165) is 42.3 Å². The van der Waals surface area contributed by atoms with E-state index >= 15 is 0 Å². The number of rotatable bonds is 7. The Morgan fingerprint density at radius 1 is 1.05 bits per heavy atom. The lowest BCUT2D eigenvalue weighted by Crippen LogP contribution is -2.02. The zero-order chi connectivity index (χ0) is 15.1. The lowest BCUT2D eigenvalue weighted by atomic mass is 10.2. The highest BCUT2D eigenvalue weighted by Gasteiger charge is 2.10. The lowest BCUT2D eigenvalue weighted by molar-refractivity contribution is 0.317. The molecule has 2 aromatic rings. The molecule has 1 aromatic carbocycles. The van der Waals surface area contributed by atoms with E-state index in [0.29, 0.717) is 5.88 Å². The van der Waals surface area contributed by atoms with E-state index in [1.165, 1.54) is 6.33 Å². The number of aromatic nitrogens is 2. The summed E-state index contributed by atoms with van der Waals surface area (Å²) in [5.41, 5.74) is 0.964. The van der Waals surface area contributed by atoms with Gasteiger partial charge < -0.3 is 14.8 Å². The number of ether oxygens (including phenoxy) is 2. The summed E-state index contributed by atoms with van der Waals surface area (Å²) in [6, 6.07) is 7.56. The fraction of sp³-hybridized carbons (Fsp3) is 0.375. The Balaban J connectivity index is 2.14. The molecule has 0 amide bonds. The number of hydrogen-bond acceptors (Lipinski definition) is 5. The zero-order valence-corrected chi connectivity index (χ0v) is 12.7. The van der Waals surface area contributed by atoms with E-state index in [4.69, 9.17) is 9.47 Å². The maximum atomic E-state index is 5.86. The smallest absolute Gasteiger partial charge is 0.227 e. The fourth-order valence-corrected chi connectivity index (χ4v) is 1.95. The Kier molecular flexibility index (Phi) is 5.37. The zero-order valence-electron chi connectivity index (χ0n) is 12.7. The van der Waals surface area contributed by atoms with Gasteiger partial charge in [0.15, 0.2) is 0 Å². The molecule has 1 N–H and O–H groups in total. The summed E-state index contributed by atoms with van der Waals surface area (Å²) in [4.78, 5) is 8.42. The maximum Gasteiger partial charge on any atom is 0.227 e. The Bertz CT molecular complexity index is 570. The molecule has 112 valence electrons. The van der Waals surface area contributed by atoms with Gasteiger partial charge in [-0.1, -0.05) is 13.8 Å². The Morgan fingerprint density at radius 3 is 2.38 bits per heavy atom. The molecule has 5 nitrogen and oxygen atoms in total. The third-order valence-electron chi connectivity index (χ3n) is 3.01. The number of nitrogens with zero attached hydrogens (tertiary/aromatic N) is 2. The highest BCUT2D eigenvalue weighted by Crippen LogP contribution is 2.28. The van der Waals surface area contributed by atoms with Gasteiger partial charge in [-0.05, 0) is 37.1 Å². The van der Waals surface area contributed by atoms with Crippen LogP contribution in [0.2, 0.25) is 0 Å². The van der Waals surface area contributed by atoms with Crippen LogP contribution in [0, 0.1) is 0 Å². The summed E-state index contributed by atoms with van der Waals surface area (Å²) in [5, 5.41) is 3.05. The second-order valence-corrected chi connectivity index (χ2v) is 4.53. The molecule has 5 heteroatoms. The normalized spacial score (nSPS) is 10.2. The van der Waals surface area contributed by atoms with Crippen LogP contribution in [0.4, 0.5) is 5.82 Å². The van der Waals surface area contributed by atoms with Crippen LogP contribution < -0.4 is 14.8 Å². The fourth-order valence-electron chi connectivity index (χ4n) is 1.95. The van der Waals surface area contributed by atoms with Gasteiger partial charge >= 0.3 is 0 Å². The molecule has 0 saturated heterocycles. The Hall–Kier alpha value is -2.30. The largest absolute Gasteiger partial charge is 0.494 e. The average Bonchev–Trinajstić information content (AvgIpc) is 2.54. The molecule has 0 unspecified atom stereocenters. The van der Waals surface area contributed by atoms with E-state index in [-0.39, 0.29) is 0 Å². The van der Waals surface area contributed by atoms with Crippen LogP contribution in [0.5, 0.6) is 17.4 Å². The quantitative estimate of drug-likeness (QED) is 0.842. The molecular formula is C16H21N3O2. The van der Waals surface area contributed by atoms with Gasteiger partial charge in [-0.2, -0.15) is 0 Å². The van der Waals surface area contributed by atoms with Crippen molar-refractivity contribution in [2.45, 2.75) is 26.7 Å². The summed E-state index contributed by atoms with van der Waals surface area (Å²) in [6.45, 7) is 4.85. The van der Waals surface area contributed by atoms with Crippen molar-refractivity contribution in [1.82, 2.24) is 9.97 Å². The minimum Gasteiger partial charge on any atom is -0.494 e. The second-order valence-electron chi connectivity index (χ2n) is 4.53. The predicted octanol–water partition coefficient (Wildman–Crippen LogP) is 3.66. The SMILES string of the molecule is CCCOc1ccc(Oc2ncnc(NC)c2CC)cc1. The van der Waals surface area contributed by atoms with Crippen LogP contribution in [0.25, 0.3) is 0 Å². The minimum absolute atomic E-state index is 0.582. The molecule has 0 aliphatic rings. The molecule has 0 atom stereocenters. The lowest BCUT2D eigenvalue weighted by Gasteiger charge is -2.12. The maximum absolute atomic E-state index is 5.86. The van der Waals surface area contributed by atoms with Crippen LogP contribution in [0.15, 0.2) is 30.6 Å². The monoisotopic (exact) mass is 287 g/mol. The molecule has 0 aliphatic heterocycles. The van der Waals surface area contributed by atoms with Crippen molar-refractivity contribution in [3.63, 3.8) is 0 Å². The molecule has 0 spiro atoms. The van der Waals surface area contributed by atoms with E-state index in [1.54, 1.807) is 0 Å². The molecule has 0 saturated carbocycles. The first-order valence-electron chi connectivity index (χ1n) is 7.20. The molecule has 0 bridgehead atoms. The Morgan fingerprint density at radius 2 is 1.76 bits per heavy atom. The first kappa shape index (κ1) is 15.1. The molecule has 0 aliphatic carbocycles. The standard InChI is InChI=1S/C16H21N3O2/c1-4-10-20-12-6-8-13(9-7-12)21-16-14(5-2)15(17-3)18-11-19-16/h6-9,11H,4-5,10H2,1-3H3,(H,17,18,19). The molecule has 0 radical (unpaired) electrons. The van der Waals surface area contributed by atoms with Crippen LogP contribution in [0.1, 0.15) is 25.8 Å². The molecule has 1 aromatic heterocycles. The van der Waals surface area contributed by atoms with Gasteiger partial charge in [-0.15, -0.1) is 0 Å². The van der Waals surface area contributed by atoms with Crippen molar-refractivity contribution in [1.29, 1.82) is 0 Å². The van der Waals surface area contributed by atoms with Crippen molar-refractivity contribution in [3.8, 4) is 17.4 Å². The summed E-state index contributed by atoms with van der Waals surface area (Å²) < 4.78 is 11.4. The van der Waals surface area contributed by atoms with Crippen LogP contribution >= 0.6 is 0 Å². The third-order valence-corrected chi connectivity index (χ3v) is 3.01. The van der Waals surface area contributed by atoms with Gasteiger partial charge in [0.05, 0.1) is 12.2 Å². The molecule has 0 fully saturated rings. The van der Waals surface area contributed by atoms with Crippen molar-refractivity contribution < 1.29 is 9.47 Å².